The predicted octanol–water partition coefficient (Wildman–Crippen LogP) is 1.47. The van der Waals surface area contributed by atoms with Gasteiger partial charge in [0.25, 0.3) is 0 Å². The van der Waals surface area contributed by atoms with Crippen LogP contribution in [0, 0.1) is 23.0 Å². The maximum Gasteiger partial charge on any atom is 0.311 e. The van der Waals surface area contributed by atoms with Crippen LogP contribution >= 0.6 is 0 Å². The van der Waals surface area contributed by atoms with Crippen LogP contribution in [0.5, 0.6) is 0 Å². The Morgan fingerprint density at radius 1 is 1.61 bits per heavy atom. The molecular weight excluding hydrogens is 232 g/mol. The highest BCUT2D eigenvalue weighted by Crippen LogP contribution is 2.31. The summed E-state index contributed by atoms with van der Waals surface area (Å²) in [6.07, 6.45) is 0.963. The molecule has 6 heteroatoms. The van der Waals surface area contributed by atoms with Crippen molar-refractivity contribution in [1.29, 1.82) is 0 Å². The minimum absolute atomic E-state index is 0.0749. The van der Waals surface area contributed by atoms with Gasteiger partial charge in [-0.1, -0.05) is 0 Å². The van der Waals surface area contributed by atoms with E-state index in [2.05, 4.69) is 4.98 Å². The molecular formula is C12H18N4O2. The van der Waals surface area contributed by atoms with Crippen molar-refractivity contribution in [3.05, 3.63) is 27.9 Å². The summed E-state index contributed by atoms with van der Waals surface area (Å²) in [5.41, 5.74) is 6.75. The Kier molecular flexibility index (Phi) is 3.47. The van der Waals surface area contributed by atoms with Gasteiger partial charge in [-0.15, -0.1) is 0 Å². The Labute approximate surface area is 106 Å². The molecule has 1 saturated heterocycles. The molecule has 1 fully saturated rings. The number of nitro groups is 1. The summed E-state index contributed by atoms with van der Waals surface area (Å²) in [5.74, 6) is 0.857. The average Bonchev–Trinajstić information content (AvgIpc) is 2.77. The highest BCUT2D eigenvalue weighted by Gasteiger charge is 2.30. The van der Waals surface area contributed by atoms with Crippen molar-refractivity contribution in [3.63, 3.8) is 0 Å². The molecule has 2 N–H and O–H groups in total. The number of anilines is 1. The second-order valence-electron chi connectivity index (χ2n) is 4.91. The van der Waals surface area contributed by atoms with Crippen LogP contribution in [-0.2, 0) is 0 Å². The number of nitrogens with zero attached hydrogens (tertiary/aromatic N) is 3. The Bertz CT molecular complexity index is 461. The summed E-state index contributed by atoms with van der Waals surface area (Å²) in [5, 5.41) is 11.0. The largest absolute Gasteiger partial charge is 0.351 e. The van der Waals surface area contributed by atoms with E-state index in [1.807, 2.05) is 18.7 Å². The molecule has 2 rings (SSSR count). The van der Waals surface area contributed by atoms with Crippen molar-refractivity contribution < 1.29 is 4.92 Å². The second kappa shape index (κ2) is 4.89. The summed E-state index contributed by atoms with van der Waals surface area (Å²) in [4.78, 5) is 16.9. The van der Waals surface area contributed by atoms with Crippen molar-refractivity contribution in [1.82, 2.24) is 4.98 Å². The van der Waals surface area contributed by atoms with E-state index in [9.17, 15) is 10.1 Å². The number of nitrogens with two attached hydrogens (primary N) is 1. The number of aromatic nitrogens is 1. The Balaban J connectivity index is 2.28. The number of rotatable bonds is 3. The van der Waals surface area contributed by atoms with Crippen LogP contribution in [0.2, 0.25) is 0 Å². The molecule has 1 aromatic rings. The molecule has 1 aliphatic rings. The van der Waals surface area contributed by atoms with Crippen molar-refractivity contribution >= 4 is 11.5 Å². The molecule has 2 unspecified atom stereocenters. The molecule has 0 bridgehead atoms. The zero-order valence-electron chi connectivity index (χ0n) is 10.7. The van der Waals surface area contributed by atoms with Gasteiger partial charge in [0, 0.05) is 30.9 Å². The third kappa shape index (κ3) is 2.43. The number of hydrogen-bond acceptors (Lipinski definition) is 5. The van der Waals surface area contributed by atoms with Crippen LogP contribution in [0.3, 0.4) is 0 Å². The lowest BCUT2D eigenvalue weighted by Gasteiger charge is -2.19. The van der Waals surface area contributed by atoms with Crippen LogP contribution in [0.1, 0.15) is 19.0 Å². The van der Waals surface area contributed by atoms with Crippen LogP contribution < -0.4 is 10.6 Å². The van der Waals surface area contributed by atoms with Gasteiger partial charge in [0.15, 0.2) is 0 Å². The fourth-order valence-electron chi connectivity index (χ4n) is 2.32. The van der Waals surface area contributed by atoms with Gasteiger partial charge in [-0.3, -0.25) is 10.1 Å². The maximum atomic E-state index is 11.0. The lowest BCUT2D eigenvalue weighted by atomic mass is 10.0. The number of aryl methyl sites for hydroxylation is 1. The molecule has 0 aromatic carbocycles. The fraction of sp³-hybridized carbons (Fsp3) is 0.583. The second-order valence-corrected chi connectivity index (χ2v) is 4.91. The summed E-state index contributed by atoms with van der Waals surface area (Å²) < 4.78 is 0. The lowest BCUT2D eigenvalue weighted by Crippen LogP contribution is -2.30. The van der Waals surface area contributed by atoms with E-state index in [1.54, 1.807) is 6.07 Å². The first-order valence-corrected chi connectivity index (χ1v) is 6.11. The number of pyridine rings is 1. The van der Waals surface area contributed by atoms with Gasteiger partial charge in [-0.25, -0.2) is 4.98 Å². The normalized spacial score (nSPS) is 21.1. The monoisotopic (exact) mass is 250 g/mol. The molecule has 98 valence electrons. The SMILES string of the molecule is Cc1ccc([N+](=O)[O-])c(N2CCC(C(C)N)C2)n1. The minimum Gasteiger partial charge on any atom is -0.351 e. The van der Waals surface area contributed by atoms with E-state index in [4.69, 9.17) is 5.73 Å². The molecule has 0 aliphatic carbocycles. The molecule has 0 spiro atoms. The Morgan fingerprint density at radius 2 is 2.33 bits per heavy atom. The minimum atomic E-state index is -0.374. The molecule has 18 heavy (non-hydrogen) atoms. The highest BCUT2D eigenvalue weighted by atomic mass is 16.6. The van der Waals surface area contributed by atoms with Crippen LogP contribution in [0.15, 0.2) is 12.1 Å². The molecule has 0 amide bonds. The van der Waals surface area contributed by atoms with Crippen molar-refractivity contribution in [2.75, 3.05) is 18.0 Å². The van der Waals surface area contributed by atoms with Crippen molar-refractivity contribution in [2.45, 2.75) is 26.3 Å². The van der Waals surface area contributed by atoms with E-state index in [0.717, 1.165) is 25.2 Å². The zero-order chi connectivity index (χ0) is 13.3. The van der Waals surface area contributed by atoms with E-state index >= 15 is 0 Å². The van der Waals surface area contributed by atoms with Gasteiger partial charge in [-0.2, -0.15) is 0 Å². The van der Waals surface area contributed by atoms with Gasteiger partial charge in [0.05, 0.1) is 4.92 Å². The van der Waals surface area contributed by atoms with Crippen LogP contribution in [0.25, 0.3) is 0 Å². The summed E-state index contributed by atoms with van der Waals surface area (Å²) in [7, 11) is 0. The quantitative estimate of drug-likeness (QED) is 0.648. The Morgan fingerprint density at radius 3 is 2.89 bits per heavy atom. The lowest BCUT2D eigenvalue weighted by molar-refractivity contribution is -0.384. The van der Waals surface area contributed by atoms with Gasteiger partial charge >= 0.3 is 5.69 Å². The zero-order valence-corrected chi connectivity index (χ0v) is 10.7. The third-order valence-electron chi connectivity index (χ3n) is 3.46. The van der Waals surface area contributed by atoms with Gasteiger partial charge in [0.1, 0.15) is 0 Å². The standard InChI is InChI=1S/C12H18N4O2/c1-8-3-4-11(16(17)18)12(14-8)15-6-5-10(7-15)9(2)13/h3-4,9-10H,5-7,13H2,1-2H3. The molecule has 0 saturated carbocycles. The molecule has 6 nitrogen and oxygen atoms in total. The summed E-state index contributed by atoms with van der Waals surface area (Å²) >= 11 is 0. The molecule has 1 aliphatic heterocycles. The first-order valence-electron chi connectivity index (χ1n) is 6.11. The first-order chi connectivity index (χ1) is 8.49. The van der Waals surface area contributed by atoms with E-state index in [0.29, 0.717) is 11.7 Å². The smallest absolute Gasteiger partial charge is 0.311 e. The number of hydrogen-bond donors (Lipinski definition) is 1. The fourth-order valence-corrected chi connectivity index (χ4v) is 2.32. The van der Waals surface area contributed by atoms with Gasteiger partial charge in [-0.05, 0) is 32.3 Å². The van der Waals surface area contributed by atoms with Gasteiger partial charge in [0.2, 0.25) is 5.82 Å². The maximum absolute atomic E-state index is 11.0. The van der Waals surface area contributed by atoms with Crippen LogP contribution in [-0.4, -0.2) is 29.0 Å². The van der Waals surface area contributed by atoms with E-state index < -0.39 is 0 Å². The highest BCUT2D eigenvalue weighted by molar-refractivity contribution is 5.58. The molecule has 2 atom stereocenters. The molecule has 0 radical (unpaired) electrons. The van der Waals surface area contributed by atoms with Crippen LogP contribution in [0.4, 0.5) is 11.5 Å². The topological polar surface area (TPSA) is 85.3 Å². The van der Waals surface area contributed by atoms with Gasteiger partial charge < -0.3 is 10.6 Å². The van der Waals surface area contributed by atoms with E-state index in [-0.39, 0.29) is 16.7 Å². The summed E-state index contributed by atoms with van der Waals surface area (Å²) in [6, 6.07) is 3.30. The first kappa shape index (κ1) is 12.8. The average molecular weight is 250 g/mol. The molecule has 2 heterocycles. The van der Waals surface area contributed by atoms with Crippen molar-refractivity contribution in [3.8, 4) is 0 Å². The summed E-state index contributed by atoms with van der Waals surface area (Å²) in [6.45, 7) is 5.34. The van der Waals surface area contributed by atoms with E-state index in [1.165, 1.54) is 6.07 Å². The van der Waals surface area contributed by atoms with Crippen molar-refractivity contribution in [2.24, 2.45) is 11.7 Å². The predicted molar refractivity (Wildman–Crippen MR) is 69.6 cm³/mol. The third-order valence-corrected chi connectivity index (χ3v) is 3.46. The Hall–Kier alpha value is -1.69. The molecule has 1 aromatic heterocycles.